The lowest BCUT2D eigenvalue weighted by Gasteiger charge is -2.13. The number of hydrogen-bond donors (Lipinski definition) is 1. The minimum absolute atomic E-state index is 0.201. The number of nitro groups is 1. The Hall–Kier alpha value is -1.53. The van der Waals surface area contributed by atoms with Crippen LogP contribution < -0.4 is 5.32 Å². The number of ether oxygens (including phenoxy) is 1. The first-order valence-corrected chi connectivity index (χ1v) is 5.69. The predicted octanol–water partition coefficient (Wildman–Crippen LogP) is 2.25. The second kappa shape index (κ2) is 7.03. The normalized spacial score (nSPS) is 12.4. The number of nitrogens with one attached hydrogen (secondary N) is 1. The lowest BCUT2D eigenvalue weighted by molar-refractivity contribution is -0.385. The van der Waals surface area contributed by atoms with Gasteiger partial charge in [0, 0.05) is 32.4 Å². The van der Waals surface area contributed by atoms with Gasteiger partial charge in [-0.3, -0.25) is 10.1 Å². The Labute approximate surface area is 105 Å². The summed E-state index contributed by atoms with van der Waals surface area (Å²) in [5, 5.41) is 13.7. The second-order valence-electron chi connectivity index (χ2n) is 4.14. The summed E-state index contributed by atoms with van der Waals surface area (Å²) in [4.78, 5) is 9.99. The van der Waals surface area contributed by atoms with E-state index in [1.54, 1.807) is 7.11 Å². The molecule has 0 bridgehead atoms. The van der Waals surface area contributed by atoms with Crippen molar-refractivity contribution < 1.29 is 14.1 Å². The molecule has 0 aliphatic heterocycles. The molecule has 0 fully saturated rings. The molecule has 5 nitrogen and oxygen atoms in total. The number of hydrogen-bond acceptors (Lipinski definition) is 4. The van der Waals surface area contributed by atoms with Crippen molar-refractivity contribution >= 4 is 5.69 Å². The summed E-state index contributed by atoms with van der Waals surface area (Å²) < 4.78 is 18.1. The highest BCUT2D eigenvalue weighted by atomic mass is 19.1. The molecule has 1 N–H and O–H groups in total. The van der Waals surface area contributed by atoms with E-state index in [0.717, 1.165) is 12.5 Å². The zero-order chi connectivity index (χ0) is 13.5. The molecule has 0 saturated carbocycles. The van der Waals surface area contributed by atoms with E-state index < -0.39 is 10.7 Å². The summed E-state index contributed by atoms with van der Waals surface area (Å²) in [7, 11) is 1.63. The summed E-state index contributed by atoms with van der Waals surface area (Å²) >= 11 is 0. The third-order valence-electron chi connectivity index (χ3n) is 2.56. The smallest absolute Gasteiger partial charge is 0.272 e. The van der Waals surface area contributed by atoms with Gasteiger partial charge < -0.3 is 10.1 Å². The van der Waals surface area contributed by atoms with Crippen LogP contribution in [0.2, 0.25) is 0 Å². The van der Waals surface area contributed by atoms with Crippen molar-refractivity contribution in [3.8, 4) is 0 Å². The van der Waals surface area contributed by atoms with Gasteiger partial charge in [-0.05, 0) is 25.0 Å². The first-order chi connectivity index (χ1) is 8.52. The van der Waals surface area contributed by atoms with Crippen molar-refractivity contribution in [3.05, 3.63) is 39.7 Å². The average Bonchev–Trinajstić information content (AvgIpc) is 2.33. The number of non-ortho nitro benzene ring substituents is 1. The van der Waals surface area contributed by atoms with Crippen LogP contribution in [0, 0.1) is 15.9 Å². The molecule has 0 aromatic heterocycles. The van der Waals surface area contributed by atoms with Crippen LogP contribution in [0.1, 0.15) is 18.9 Å². The summed E-state index contributed by atoms with van der Waals surface area (Å²) in [5.74, 6) is -0.592. The van der Waals surface area contributed by atoms with Gasteiger partial charge in [0.05, 0.1) is 11.0 Å². The van der Waals surface area contributed by atoms with Gasteiger partial charge in [0.1, 0.15) is 5.82 Å². The van der Waals surface area contributed by atoms with E-state index in [-0.39, 0.29) is 11.7 Å². The minimum atomic E-state index is -0.596. The predicted molar refractivity (Wildman–Crippen MR) is 65.8 cm³/mol. The molecule has 0 radical (unpaired) electrons. The van der Waals surface area contributed by atoms with Gasteiger partial charge in [0.15, 0.2) is 0 Å². The molecule has 0 amide bonds. The molecular weight excluding hydrogens is 239 g/mol. The Kier molecular flexibility index (Phi) is 5.67. The maximum atomic E-state index is 13.2. The molecule has 0 saturated heterocycles. The lowest BCUT2D eigenvalue weighted by atomic mass is 10.1. The fourth-order valence-corrected chi connectivity index (χ4v) is 1.53. The van der Waals surface area contributed by atoms with E-state index in [0.29, 0.717) is 18.7 Å². The van der Waals surface area contributed by atoms with Gasteiger partial charge >= 0.3 is 0 Å². The third kappa shape index (κ3) is 4.77. The van der Waals surface area contributed by atoms with Crippen LogP contribution in [-0.4, -0.2) is 24.7 Å². The first-order valence-electron chi connectivity index (χ1n) is 5.69. The van der Waals surface area contributed by atoms with Crippen molar-refractivity contribution in [3.63, 3.8) is 0 Å². The molecule has 0 spiro atoms. The summed E-state index contributed by atoms with van der Waals surface area (Å²) in [5.41, 5.74) is 0.335. The maximum absolute atomic E-state index is 13.2. The molecule has 6 heteroatoms. The standard InChI is InChI=1S/C12H17FN2O3/c1-9(3-4-18-2)14-8-10-5-11(13)7-12(6-10)15(16)17/h5-7,9,14H,3-4,8H2,1-2H3. The van der Waals surface area contributed by atoms with E-state index in [1.807, 2.05) is 6.92 Å². The van der Waals surface area contributed by atoms with E-state index in [9.17, 15) is 14.5 Å². The Morgan fingerprint density at radius 1 is 1.50 bits per heavy atom. The van der Waals surface area contributed by atoms with Crippen LogP contribution in [0.4, 0.5) is 10.1 Å². The number of methoxy groups -OCH3 is 1. The van der Waals surface area contributed by atoms with Crippen molar-refractivity contribution in [2.24, 2.45) is 0 Å². The van der Waals surface area contributed by atoms with Crippen molar-refractivity contribution in [2.45, 2.75) is 25.9 Å². The van der Waals surface area contributed by atoms with Gasteiger partial charge in [0.2, 0.25) is 0 Å². The minimum Gasteiger partial charge on any atom is -0.385 e. The number of nitro benzene ring substituents is 1. The monoisotopic (exact) mass is 256 g/mol. The summed E-state index contributed by atoms with van der Waals surface area (Å²) in [6.07, 6.45) is 0.827. The van der Waals surface area contributed by atoms with E-state index in [4.69, 9.17) is 4.74 Å². The molecule has 100 valence electrons. The van der Waals surface area contributed by atoms with Crippen LogP contribution in [0.25, 0.3) is 0 Å². The highest BCUT2D eigenvalue weighted by molar-refractivity contribution is 5.35. The van der Waals surface area contributed by atoms with Crippen molar-refractivity contribution in [1.29, 1.82) is 0 Å². The Balaban J connectivity index is 2.59. The van der Waals surface area contributed by atoms with Crippen LogP contribution >= 0.6 is 0 Å². The van der Waals surface area contributed by atoms with Gasteiger partial charge in [-0.25, -0.2) is 4.39 Å². The van der Waals surface area contributed by atoms with E-state index >= 15 is 0 Å². The quantitative estimate of drug-likeness (QED) is 0.600. The fourth-order valence-electron chi connectivity index (χ4n) is 1.53. The molecule has 1 unspecified atom stereocenters. The lowest BCUT2D eigenvalue weighted by Crippen LogP contribution is -2.26. The first kappa shape index (κ1) is 14.5. The zero-order valence-corrected chi connectivity index (χ0v) is 10.5. The molecule has 18 heavy (non-hydrogen) atoms. The highest BCUT2D eigenvalue weighted by Gasteiger charge is 2.10. The molecule has 0 aliphatic carbocycles. The van der Waals surface area contributed by atoms with Gasteiger partial charge in [-0.2, -0.15) is 0 Å². The Morgan fingerprint density at radius 3 is 2.83 bits per heavy atom. The second-order valence-corrected chi connectivity index (χ2v) is 4.14. The van der Waals surface area contributed by atoms with Crippen molar-refractivity contribution in [2.75, 3.05) is 13.7 Å². The molecule has 1 atom stereocenters. The van der Waals surface area contributed by atoms with Gasteiger partial charge in [0.25, 0.3) is 5.69 Å². The summed E-state index contributed by atoms with van der Waals surface area (Å²) in [6.45, 7) is 3.01. The highest BCUT2D eigenvalue weighted by Crippen LogP contribution is 2.16. The van der Waals surface area contributed by atoms with Crippen LogP contribution in [-0.2, 0) is 11.3 Å². The largest absolute Gasteiger partial charge is 0.385 e. The third-order valence-corrected chi connectivity index (χ3v) is 2.56. The van der Waals surface area contributed by atoms with Gasteiger partial charge in [-0.1, -0.05) is 0 Å². The topological polar surface area (TPSA) is 64.4 Å². The van der Waals surface area contributed by atoms with Crippen LogP contribution in [0.5, 0.6) is 0 Å². The molecule has 1 aromatic carbocycles. The zero-order valence-electron chi connectivity index (χ0n) is 10.5. The molecule has 0 aliphatic rings. The Morgan fingerprint density at radius 2 is 2.22 bits per heavy atom. The van der Waals surface area contributed by atoms with Crippen LogP contribution in [0.3, 0.4) is 0 Å². The van der Waals surface area contributed by atoms with Gasteiger partial charge in [-0.15, -0.1) is 0 Å². The molecule has 0 heterocycles. The average molecular weight is 256 g/mol. The van der Waals surface area contributed by atoms with E-state index in [2.05, 4.69) is 5.32 Å². The van der Waals surface area contributed by atoms with E-state index in [1.165, 1.54) is 12.1 Å². The number of halogens is 1. The Bertz CT molecular complexity index is 412. The van der Waals surface area contributed by atoms with Crippen LogP contribution in [0.15, 0.2) is 18.2 Å². The number of rotatable bonds is 7. The number of nitrogens with zero attached hydrogens (tertiary/aromatic N) is 1. The molecule has 1 aromatic rings. The molecular formula is C12H17FN2O3. The SMILES string of the molecule is COCCC(C)NCc1cc(F)cc([N+](=O)[O-])c1. The number of benzene rings is 1. The molecule has 1 rings (SSSR count). The van der Waals surface area contributed by atoms with Crippen molar-refractivity contribution in [1.82, 2.24) is 5.32 Å². The fraction of sp³-hybridized carbons (Fsp3) is 0.500. The summed E-state index contributed by atoms with van der Waals surface area (Å²) in [6, 6.07) is 3.78. The maximum Gasteiger partial charge on any atom is 0.272 e.